The number of hydrogen-bond donors (Lipinski definition) is 1. The summed E-state index contributed by atoms with van der Waals surface area (Å²) >= 11 is 6.02. The molecule has 1 aliphatic heterocycles. The standard InChI is InChI=1S/C23H19ClN2O3/c1-2-29-23(28)15-7-11-17(12-8-15)25-21-19-5-3-4-6-20(19)22(27)26(21)18-13-9-16(24)10-14-18/h3-14,21,25H,2H2,1H3/t21-/m0/s1. The van der Waals surface area contributed by atoms with Crippen LogP contribution in [0.2, 0.25) is 5.02 Å². The van der Waals surface area contributed by atoms with Crippen molar-refractivity contribution in [2.45, 2.75) is 13.1 Å². The minimum Gasteiger partial charge on any atom is -0.462 e. The molecule has 0 radical (unpaired) electrons. The minimum atomic E-state index is -0.381. The molecule has 29 heavy (non-hydrogen) atoms. The number of nitrogens with zero attached hydrogens (tertiary/aromatic N) is 1. The summed E-state index contributed by atoms with van der Waals surface area (Å²) in [6.45, 7) is 2.10. The highest BCUT2D eigenvalue weighted by Gasteiger charge is 2.37. The summed E-state index contributed by atoms with van der Waals surface area (Å²) in [5, 5.41) is 4.02. The van der Waals surface area contributed by atoms with Crippen LogP contribution < -0.4 is 10.2 Å². The summed E-state index contributed by atoms with van der Waals surface area (Å²) in [5.74, 6) is -0.438. The SMILES string of the molecule is CCOC(=O)c1ccc(N[C@@H]2c3ccccc3C(=O)N2c2ccc(Cl)cc2)cc1. The third-order valence-corrected chi connectivity index (χ3v) is 5.02. The maximum atomic E-state index is 13.1. The van der Waals surface area contributed by atoms with E-state index in [4.69, 9.17) is 16.3 Å². The summed E-state index contributed by atoms with van der Waals surface area (Å²) in [5.41, 5.74) is 3.56. The molecule has 0 unspecified atom stereocenters. The molecule has 1 aliphatic rings. The maximum Gasteiger partial charge on any atom is 0.338 e. The lowest BCUT2D eigenvalue weighted by atomic mass is 10.1. The average molecular weight is 407 g/mol. The molecule has 0 fully saturated rings. The van der Waals surface area contributed by atoms with Crippen LogP contribution >= 0.6 is 11.6 Å². The van der Waals surface area contributed by atoms with Gasteiger partial charge in [0.15, 0.2) is 0 Å². The zero-order chi connectivity index (χ0) is 20.4. The zero-order valence-corrected chi connectivity index (χ0v) is 16.5. The van der Waals surface area contributed by atoms with Crippen molar-refractivity contribution < 1.29 is 14.3 Å². The van der Waals surface area contributed by atoms with Crippen LogP contribution in [0, 0.1) is 0 Å². The highest BCUT2D eigenvalue weighted by molar-refractivity contribution is 6.30. The molecule has 3 aromatic carbocycles. The van der Waals surface area contributed by atoms with E-state index in [9.17, 15) is 9.59 Å². The molecule has 4 rings (SSSR count). The number of halogens is 1. The number of hydrogen-bond acceptors (Lipinski definition) is 4. The fraction of sp³-hybridized carbons (Fsp3) is 0.130. The van der Waals surface area contributed by atoms with E-state index in [0.29, 0.717) is 22.8 Å². The Morgan fingerprint density at radius 1 is 1.03 bits per heavy atom. The van der Waals surface area contributed by atoms with Crippen molar-refractivity contribution in [2.24, 2.45) is 0 Å². The van der Waals surface area contributed by atoms with Crippen molar-refractivity contribution in [1.29, 1.82) is 0 Å². The average Bonchev–Trinajstić information content (AvgIpc) is 3.01. The lowest BCUT2D eigenvalue weighted by Crippen LogP contribution is -2.32. The van der Waals surface area contributed by atoms with Crippen molar-refractivity contribution in [3.63, 3.8) is 0 Å². The molecular weight excluding hydrogens is 388 g/mol. The summed E-state index contributed by atoms with van der Waals surface area (Å²) in [6, 6.07) is 21.7. The van der Waals surface area contributed by atoms with E-state index in [0.717, 1.165) is 16.9 Å². The molecule has 0 saturated carbocycles. The highest BCUT2D eigenvalue weighted by atomic mass is 35.5. The minimum absolute atomic E-state index is 0.0800. The molecule has 1 amide bonds. The van der Waals surface area contributed by atoms with E-state index in [1.54, 1.807) is 48.2 Å². The van der Waals surface area contributed by atoms with Crippen LogP contribution in [0.5, 0.6) is 0 Å². The van der Waals surface area contributed by atoms with Crippen LogP contribution in [-0.4, -0.2) is 18.5 Å². The van der Waals surface area contributed by atoms with E-state index < -0.39 is 0 Å². The topological polar surface area (TPSA) is 58.6 Å². The Labute approximate surface area is 173 Å². The van der Waals surface area contributed by atoms with Gasteiger partial charge in [0, 0.05) is 27.5 Å². The van der Waals surface area contributed by atoms with Crippen LogP contribution in [0.4, 0.5) is 11.4 Å². The summed E-state index contributed by atoms with van der Waals surface area (Å²) in [4.78, 5) is 26.7. The van der Waals surface area contributed by atoms with Gasteiger partial charge in [0.05, 0.1) is 12.2 Å². The molecule has 1 atom stereocenters. The Bertz CT molecular complexity index is 1050. The van der Waals surface area contributed by atoms with Crippen molar-refractivity contribution in [2.75, 3.05) is 16.8 Å². The van der Waals surface area contributed by atoms with Gasteiger partial charge in [-0.1, -0.05) is 29.8 Å². The largest absolute Gasteiger partial charge is 0.462 e. The van der Waals surface area contributed by atoms with Gasteiger partial charge in [-0.2, -0.15) is 0 Å². The van der Waals surface area contributed by atoms with Gasteiger partial charge in [0.1, 0.15) is 6.17 Å². The van der Waals surface area contributed by atoms with Gasteiger partial charge in [-0.05, 0) is 61.5 Å². The van der Waals surface area contributed by atoms with Gasteiger partial charge in [0.25, 0.3) is 5.91 Å². The Morgan fingerprint density at radius 3 is 2.41 bits per heavy atom. The predicted octanol–water partition coefficient (Wildman–Crippen LogP) is 5.29. The second-order valence-electron chi connectivity index (χ2n) is 6.58. The van der Waals surface area contributed by atoms with E-state index in [2.05, 4.69) is 5.32 Å². The number of esters is 1. The molecule has 0 spiro atoms. The number of rotatable bonds is 5. The van der Waals surface area contributed by atoms with Crippen molar-refractivity contribution in [3.8, 4) is 0 Å². The predicted molar refractivity (Wildman–Crippen MR) is 113 cm³/mol. The Morgan fingerprint density at radius 2 is 1.72 bits per heavy atom. The molecule has 0 saturated heterocycles. The normalized spacial score (nSPS) is 15.2. The number of nitrogens with one attached hydrogen (secondary N) is 1. The van der Waals surface area contributed by atoms with Gasteiger partial charge < -0.3 is 10.1 Å². The van der Waals surface area contributed by atoms with Crippen LogP contribution in [0.25, 0.3) is 0 Å². The highest BCUT2D eigenvalue weighted by Crippen LogP contribution is 2.38. The number of ether oxygens (including phenoxy) is 1. The lowest BCUT2D eigenvalue weighted by molar-refractivity contribution is 0.0526. The number of amides is 1. The molecule has 0 bridgehead atoms. The van der Waals surface area contributed by atoms with Gasteiger partial charge in [-0.3, -0.25) is 9.69 Å². The fourth-order valence-electron chi connectivity index (χ4n) is 3.40. The molecule has 6 heteroatoms. The summed E-state index contributed by atoms with van der Waals surface area (Å²) in [7, 11) is 0. The Kier molecular flexibility index (Phi) is 5.23. The molecular formula is C23H19ClN2O3. The second kappa shape index (κ2) is 7.97. The summed E-state index contributed by atoms with van der Waals surface area (Å²) in [6.07, 6.45) is -0.381. The first kappa shape index (κ1) is 19.0. The zero-order valence-electron chi connectivity index (χ0n) is 15.8. The molecule has 0 aliphatic carbocycles. The first-order valence-corrected chi connectivity index (χ1v) is 9.68. The van der Waals surface area contributed by atoms with Crippen LogP contribution in [0.15, 0.2) is 72.8 Å². The fourth-order valence-corrected chi connectivity index (χ4v) is 3.53. The number of anilines is 2. The number of carbonyl (C=O) groups is 2. The molecule has 146 valence electrons. The summed E-state index contributed by atoms with van der Waals surface area (Å²) < 4.78 is 5.02. The number of fused-ring (bicyclic) bond motifs is 1. The molecule has 0 aromatic heterocycles. The van der Waals surface area contributed by atoms with Crippen molar-refractivity contribution in [1.82, 2.24) is 0 Å². The van der Waals surface area contributed by atoms with Crippen LogP contribution in [0.1, 0.15) is 39.4 Å². The Hall–Kier alpha value is -3.31. The monoisotopic (exact) mass is 406 g/mol. The first-order chi connectivity index (χ1) is 14.1. The molecule has 3 aromatic rings. The van der Waals surface area contributed by atoms with E-state index in [-0.39, 0.29) is 18.0 Å². The van der Waals surface area contributed by atoms with E-state index >= 15 is 0 Å². The lowest BCUT2D eigenvalue weighted by Gasteiger charge is -2.27. The molecule has 1 N–H and O–H groups in total. The Balaban J connectivity index is 1.66. The number of benzene rings is 3. The van der Waals surface area contributed by atoms with Crippen LogP contribution in [-0.2, 0) is 4.74 Å². The van der Waals surface area contributed by atoms with Crippen molar-refractivity contribution >= 4 is 34.9 Å². The van der Waals surface area contributed by atoms with Gasteiger partial charge in [0.2, 0.25) is 0 Å². The van der Waals surface area contributed by atoms with E-state index in [1.807, 2.05) is 36.4 Å². The van der Waals surface area contributed by atoms with Crippen molar-refractivity contribution in [3.05, 3.63) is 94.5 Å². The number of carbonyl (C=O) groups excluding carboxylic acids is 2. The smallest absolute Gasteiger partial charge is 0.338 e. The van der Waals surface area contributed by atoms with Crippen LogP contribution in [0.3, 0.4) is 0 Å². The quantitative estimate of drug-likeness (QED) is 0.585. The van der Waals surface area contributed by atoms with Gasteiger partial charge in [-0.15, -0.1) is 0 Å². The maximum absolute atomic E-state index is 13.1. The van der Waals surface area contributed by atoms with E-state index in [1.165, 1.54) is 0 Å². The third kappa shape index (κ3) is 3.69. The molecule has 5 nitrogen and oxygen atoms in total. The van der Waals surface area contributed by atoms with Gasteiger partial charge >= 0.3 is 5.97 Å². The first-order valence-electron chi connectivity index (χ1n) is 9.30. The third-order valence-electron chi connectivity index (χ3n) is 4.77. The van der Waals surface area contributed by atoms with Gasteiger partial charge in [-0.25, -0.2) is 4.79 Å². The second-order valence-corrected chi connectivity index (χ2v) is 7.02. The molecule has 1 heterocycles.